The van der Waals surface area contributed by atoms with E-state index in [9.17, 15) is 9.18 Å². The van der Waals surface area contributed by atoms with Crippen molar-refractivity contribution >= 4 is 40.0 Å². The van der Waals surface area contributed by atoms with Crippen molar-refractivity contribution in [3.05, 3.63) is 60.7 Å². The number of nitrogens with zero attached hydrogens (tertiary/aromatic N) is 4. The Hall–Kier alpha value is -4.21. The van der Waals surface area contributed by atoms with Gasteiger partial charge in [-0.25, -0.2) is 9.37 Å². The zero-order valence-electron chi connectivity index (χ0n) is 18.4. The number of fused-ring (bicyclic) bond motifs is 1. The highest BCUT2D eigenvalue weighted by Crippen LogP contribution is 2.25. The maximum atomic E-state index is 14.4. The van der Waals surface area contributed by atoms with Crippen LogP contribution < -0.4 is 15.4 Å². The van der Waals surface area contributed by atoms with Gasteiger partial charge in [0, 0.05) is 16.8 Å². The Balaban J connectivity index is 1.50. The Morgan fingerprint density at radius 2 is 1.85 bits per heavy atom. The number of rotatable bonds is 8. The lowest BCUT2D eigenvalue weighted by Crippen LogP contribution is -2.12. The van der Waals surface area contributed by atoms with Crippen LogP contribution in [0.5, 0.6) is 5.75 Å². The standard InChI is InChI=1S/C23H23FN6O3/c1-14(2)33-18-7-4-16(5-8-18)28-23-25-12-19(24)22(29-23)27-17-6-9-20-15(10-17)11-26-30(20)13-21(31)32-3/h4-12,14H,13H2,1-3H3,(H2,25,27,28,29). The maximum Gasteiger partial charge on any atom is 0.327 e. The summed E-state index contributed by atoms with van der Waals surface area (Å²) in [6.07, 6.45) is 2.81. The van der Waals surface area contributed by atoms with Crippen LogP contribution in [0.4, 0.5) is 27.5 Å². The van der Waals surface area contributed by atoms with Crippen molar-refractivity contribution in [2.75, 3.05) is 17.7 Å². The van der Waals surface area contributed by atoms with Crippen LogP contribution >= 0.6 is 0 Å². The average molecular weight is 450 g/mol. The molecule has 2 N–H and O–H groups in total. The Kier molecular flexibility index (Phi) is 6.34. The van der Waals surface area contributed by atoms with Gasteiger partial charge in [0.1, 0.15) is 12.3 Å². The van der Waals surface area contributed by atoms with Crippen LogP contribution in [0.3, 0.4) is 0 Å². The molecule has 4 aromatic rings. The van der Waals surface area contributed by atoms with Gasteiger partial charge in [-0.15, -0.1) is 0 Å². The zero-order chi connectivity index (χ0) is 23.4. The summed E-state index contributed by atoms with van der Waals surface area (Å²) in [5.41, 5.74) is 2.10. The second-order valence-electron chi connectivity index (χ2n) is 7.48. The molecule has 2 aromatic carbocycles. The van der Waals surface area contributed by atoms with Gasteiger partial charge < -0.3 is 20.1 Å². The summed E-state index contributed by atoms with van der Waals surface area (Å²) >= 11 is 0. The van der Waals surface area contributed by atoms with E-state index in [1.54, 1.807) is 24.4 Å². The van der Waals surface area contributed by atoms with Crippen LogP contribution in [0.2, 0.25) is 0 Å². The Bertz CT molecular complexity index is 1270. The number of halogens is 1. The van der Waals surface area contributed by atoms with Gasteiger partial charge in [0.2, 0.25) is 5.95 Å². The number of anilines is 4. The van der Waals surface area contributed by atoms with Gasteiger partial charge in [-0.1, -0.05) is 0 Å². The number of nitrogens with one attached hydrogen (secondary N) is 2. The van der Waals surface area contributed by atoms with E-state index in [0.717, 1.165) is 28.5 Å². The van der Waals surface area contributed by atoms with Gasteiger partial charge in [-0.05, 0) is 56.3 Å². The molecule has 0 amide bonds. The van der Waals surface area contributed by atoms with Crippen LogP contribution in [0.15, 0.2) is 54.9 Å². The molecule has 9 nitrogen and oxygen atoms in total. The third-order valence-electron chi connectivity index (χ3n) is 4.64. The fraction of sp³-hybridized carbons (Fsp3) is 0.217. The minimum Gasteiger partial charge on any atom is -0.491 e. The lowest BCUT2D eigenvalue weighted by molar-refractivity contribution is -0.141. The number of hydrogen-bond donors (Lipinski definition) is 2. The van der Waals surface area contributed by atoms with E-state index in [4.69, 9.17) is 4.74 Å². The average Bonchev–Trinajstić information content (AvgIpc) is 3.18. The SMILES string of the molecule is COC(=O)Cn1ncc2cc(Nc3nc(Nc4ccc(OC(C)C)cc4)ncc3F)ccc21. The minimum atomic E-state index is -0.595. The van der Waals surface area contributed by atoms with Crippen molar-refractivity contribution in [1.82, 2.24) is 19.7 Å². The summed E-state index contributed by atoms with van der Waals surface area (Å²) in [6, 6.07) is 12.7. The number of hydrogen-bond acceptors (Lipinski definition) is 8. The molecule has 0 saturated carbocycles. The summed E-state index contributed by atoms with van der Waals surface area (Å²) in [5, 5.41) is 11.0. The monoisotopic (exact) mass is 450 g/mol. The van der Waals surface area contributed by atoms with E-state index in [1.165, 1.54) is 11.8 Å². The van der Waals surface area contributed by atoms with Crippen LogP contribution in [-0.4, -0.2) is 38.9 Å². The molecule has 0 aliphatic carbocycles. The molecule has 0 aliphatic rings. The number of methoxy groups -OCH3 is 1. The number of aromatic nitrogens is 4. The topological polar surface area (TPSA) is 103 Å². The first-order valence-corrected chi connectivity index (χ1v) is 10.3. The Morgan fingerprint density at radius 1 is 1.09 bits per heavy atom. The molecule has 0 fully saturated rings. The molecule has 0 unspecified atom stereocenters. The quantitative estimate of drug-likeness (QED) is 0.381. The molecule has 33 heavy (non-hydrogen) atoms. The maximum absolute atomic E-state index is 14.4. The lowest BCUT2D eigenvalue weighted by Gasteiger charge is -2.12. The predicted octanol–water partition coefficient (Wildman–Crippen LogP) is 4.41. The van der Waals surface area contributed by atoms with Crippen LogP contribution in [0.1, 0.15) is 13.8 Å². The van der Waals surface area contributed by atoms with Gasteiger partial charge in [0.15, 0.2) is 11.6 Å². The molecule has 2 aromatic heterocycles. The molecule has 0 spiro atoms. The molecule has 0 atom stereocenters. The summed E-state index contributed by atoms with van der Waals surface area (Å²) < 4.78 is 26.2. The summed E-state index contributed by atoms with van der Waals surface area (Å²) in [6.45, 7) is 3.92. The fourth-order valence-corrected chi connectivity index (χ4v) is 3.15. The van der Waals surface area contributed by atoms with Crippen LogP contribution in [0, 0.1) is 5.82 Å². The lowest BCUT2D eigenvalue weighted by atomic mass is 10.2. The van der Waals surface area contributed by atoms with Crippen LogP contribution in [0.25, 0.3) is 10.9 Å². The van der Waals surface area contributed by atoms with E-state index in [0.29, 0.717) is 5.69 Å². The number of benzene rings is 2. The minimum absolute atomic E-state index is 0.00686. The normalized spacial score (nSPS) is 10.9. The number of carbonyl (C=O) groups is 1. The number of esters is 1. The van der Waals surface area contributed by atoms with Crippen molar-refractivity contribution < 1.29 is 18.7 Å². The van der Waals surface area contributed by atoms with E-state index in [1.807, 2.05) is 38.1 Å². The molecular formula is C23H23FN6O3. The molecule has 0 bridgehead atoms. The molecular weight excluding hydrogens is 427 g/mol. The molecule has 0 saturated heterocycles. The van der Waals surface area contributed by atoms with Crippen molar-refractivity contribution in [3.63, 3.8) is 0 Å². The van der Waals surface area contributed by atoms with Crippen molar-refractivity contribution in [2.24, 2.45) is 0 Å². The Labute approximate surface area is 189 Å². The molecule has 0 radical (unpaired) electrons. The largest absolute Gasteiger partial charge is 0.491 e. The van der Waals surface area contributed by atoms with Crippen molar-refractivity contribution in [1.29, 1.82) is 0 Å². The van der Waals surface area contributed by atoms with Gasteiger partial charge in [0.25, 0.3) is 0 Å². The highest BCUT2D eigenvalue weighted by molar-refractivity contribution is 5.84. The van der Waals surface area contributed by atoms with Gasteiger partial charge in [0.05, 0.1) is 31.1 Å². The second-order valence-corrected chi connectivity index (χ2v) is 7.48. The summed E-state index contributed by atoms with van der Waals surface area (Å²) in [5.74, 6) is 0.0234. The van der Waals surface area contributed by atoms with Gasteiger partial charge in [-0.3, -0.25) is 9.48 Å². The van der Waals surface area contributed by atoms with Gasteiger partial charge >= 0.3 is 5.97 Å². The predicted molar refractivity (Wildman–Crippen MR) is 123 cm³/mol. The molecule has 0 aliphatic heterocycles. The van der Waals surface area contributed by atoms with Crippen molar-refractivity contribution in [2.45, 2.75) is 26.5 Å². The van der Waals surface area contributed by atoms with Gasteiger partial charge in [-0.2, -0.15) is 10.1 Å². The Morgan fingerprint density at radius 3 is 2.58 bits per heavy atom. The smallest absolute Gasteiger partial charge is 0.327 e. The third kappa shape index (κ3) is 5.35. The first-order valence-electron chi connectivity index (χ1n) is 10.3. The van der Waals surface area contributed by atoms with Crippen molar-refractivity contribution in [3.8, 4) is 5.75 Å². The van der Waals surface area contributed by atoms with E-state index < -0.39 is 11.8 Å². The molecule has 10 heteroatoms. The number of ether oxygens (including phenoxy) is 2. The second kappa shape index (κ2) is 9.51. The highest BCUT2D eigenvalue weighted by atomic mass is 19.1. The van der Waals surface area contributed by atoms with E-state index >= 15 is 0 Å². The number of carbonyl (C=O) groups excluding carboxylic acids is 1. The third-order valence-corrected chi connectivity index (χ3v) is 4.64. The first-order chi connectivity index (χ1) is 15.9. The molecule has 2 heterocycles. The highest BCUT2D eigenvalue weighted by Gasteiger charge is 2.11. The first kappa shape index (κ1) is 22.0. The fourth-order valence-electron chi connectivity index (χ4n) is 3.15. The summed E-state index contributed by atoms with van der Waals surface area (Å²) in [7, 11) is 1.33. The molecule has 170 valence electrons. The zero-order valence-corrected chi connectivity index (χ0v) is 18.4. The van der Waals surface area contributed by atoms with Crippen LogP contribution in [-0.2, 0) is 16.1 Å². The van der Waals surface area contributed by atoms with E-state index in [2.05, 4.69) is 30.4 Å². The van der Waals surface area contributed by atoms with E-state index in [-0.39, 0.29) is 24.4 Å². The summed E-state index contributed by atoms with van der Waals surface area (Å²) in [4.78, 5) is 19.8. The molecule has 4 rings (SSSR count).